The fraction of sp³-hybridized carbons (Fsp3) is 0.464. The van der Waals surface area contributed by atoms with Gasteiger partial charge in [0.15, 0.2) is 0 Å². The molecule has 0 aliphatic carbocycles. The number of nitrogens with zero attached hydrogens (tertiary/aromatic N) is 1. The van der Waals surface area contributed by atoms with Crippen molar-refractivity contribution < 1.29 is 14.3 Å². The Morgan fingerprint density at radius 1 is 1.00 bits per heavy atom. The molecule has 4 heteroatoms. The minimum absolute atomic E-state index is 0.322. The van der Waals surface area contributed by atoms with Crippen LogP contribution in [0.4, 0.5) is 0 Å². The van der Waals surface area contributed by atoms with Crippen LogP contribution < -0.4 is 9.47 Å². The van der Waals surface area contributed by atoms with Gasteiger partial charge in [-0.1, -0.05) is 49.4 Å². The lowest BCUT2D eigenvalue weighted by Gasteiger charge is -2.14. The van der Waals surface area contributed by atoms with Gasteiger partial charge in [0.1, 0.15) is 25.2 Å². The number of ether oxygens (including phenoxy) is 2. The maximum atomic E-state index is 6.11. The third-order valence-corrected chi connectivity index (χ3v) is 5.33. The highest BCUT2D eigenvalue weighted by Gasteiger charge is 2.10. The van der Waals surface area contributed by atoms with Gasteiger partial charge in [0.25, 0.3) is 0 Å². The first-order chi connectivity index (χ1) is 15.5. The molecule has 0 bridgehead atoms. The predicted molar refractivity (Wildman–Crippen MR) is 134 cm³/mol. The van der Waals surface area contributed by atoms with E-state index >= 15 is 0 Å². The van der Waals surface area contributed by atoms with Crippen LogP contribution in [0.25, 0.3) is 0 Å². The van der Waals surface area contributed by atoms with Crippen molar-refractivity contribution in [1.82, 2.24) is 0 Å². The maximum absolute atomic E-state index is 6.11. The van der Waals surface area contributed by atoms with Gasteiger partial charge >= 0.3 is 0 Å². The molecule has 0 saturated heterocycles. The highest BCUT2D eigenvalue weighted by molar-refractivity contribution is 6.01. The molecule has 0 aliphatic rings. The third-order valence-electron chi connectivity index (χ3n) is 5.33. The van der Waals surface area contributed by atoms with E-state index in [1.54, 1.807) is 7.11 Å². The van der Waals surface area contributed by atoms with Crippen molar-refractivity contribution in [2.45, 2.75) is 60.3 Å². The number of oxime groups is 1. The quantitative estimate of drug-likeness (QED) is 0.146. The normalized spacial score (nSPS) is 11.9. The standard InChI is InChI=1S/C28H39NO3/c1-7-8-16-31-26-18-22(4)28(23(5)19-26)32-17-11-9-10-13-24-14-12-15-25(20-24)27(21(2)3)29-30-6/h7-8,12,14-15,18-21H,9-11,13,16-17H2,1-6H3/b8-7+,29-27?. The number of rotatable bonds is 13. The van der Waals surface area contributed by atoms with Crippen LogP contribution in [0.15, 0.2) is 53.7 Å². The summed E-state index contributed by atoms with van der Waals surface area (Å²) >= 11 is 0. The zero-order valence-electron chi connectivity index (χ0n) is 20.6. The second-order valence-electron chi connectivity index (χ2n) is 8.44. The number of aryl methyl sites for hydroxylation is 3. The molecule has 0 aromatic heterocycles. The minimum Gasteiger partial charge on any atom is -0.493 e. The molecular weight excluding hydrogens is 398 g/mol. The van der Waals surface area contributed by atoms with Crippen LogP contribution in [0.3, 0.4) is 0 Å². The van der Waals surface area contributed by atoms with E-state index in [-0.39, 0.29) is 0 Å². The van der Waals surface area contributed by atoms with Gasteiger partial charge in [0.05, 0.1) is 12.3 Å². The first-order valence-corrected chi connectivity index (χ1v) is 11.6. The number of benzene rings is 2. The van der Waals surface area contributed by atoms with Crippen LogP contribution in [-0.4, -0.2) is 26.0 Å². The zero-order valence-corrected chi connectivity index (χ0v) is 20.6. The summed E-state index contributed by atoms with van der Waals surface area (Å²) in [5, 5.41) is 4.21. The Morgan fingerprint density at radius 2 is 1.75 bits per heavy atom. The molecule has 4 nitrogen and oxygen atoms in total. The van der Waals surface area contributed by atoms with E-state index in [9.17, 15) is 0 Å². The van der Waals surface area contributed by atoms with Crippen molar-refractivity contribution in [1.29, 1.82) is 0 Å². The van der Waals surface area contributed by atoms with Crippen LogP contribution in [0.2, 0.25) is 0 Å². The molecule has 0 aliphatic heterocycles. The van der Waals surface area contributed by atoms with Gasteiger partial charge in [-0.05, 0) is 92.8 Å². The van der Waals surface area contributed by atoms with E-state index in [0.29, 0.717) is 12.5 Å². The zero-order chi connectivity index (χ0) is 23.3. The van der Waals surface area contributed by atoms with Gasteiger partial charge in [0, 0.05) is 0 Å². The summed E-state index contributed by atoms with van der Waals surface area (Å²) in [4.78, 5) is 5.03. The van der Waals surface area contributed by atoms with Gasteiger partial charge in [-0.2, -0.15) is 0 Å². The van der Waals surface area contributed by atoms with E-state index in [0.717, 1.165) is 66.2 Å². The SMILES string of the molecule is C/C=C/COc1cc(C)c(OCCCCCc2cccc(C(=NOC)C(C)C)c2)c(C)c1. The Labute approximate surface area is 194 Å². The van der Waals surface area contributed by atoms with Crippen LogP contribution in [0.5, 0.6) is 11.5 Å². The van der Waals surface area contributed by atoms with E-state index in [1.165, 1.54) is 5.56 Å². The molecule has 2 aromatic carbocycles. The van der Waals surface area contributed by atoms with Crippen LogP contribution in [0, 0.1) is 19.8 Å². The molecule has 0 fully saturated rings. The molecular formula is C28H39NO3. The number of hydrogen-bond acceptors (Lipinski definition) is 4. The Bertz CT molecular complexity index is 876. The predicted octanol–water partition coefficient (Wildman–Crippen LogP) is 7.06. The molecule has 0 saturated carbocycles. The van der Waals surface area contributed by atoms with E-state index in [1.807, 2.05) is 19.1 Å². The third kappa shape index (κ3) is 8.07. The Morgan fingerprint density at radius 3 is 2.41 bits per heavy atom. The van der Waals surface area contributed by atoms with Crippen molar-refractivity contribution in [3.63, 3.8) is 0 Å². The molecule has 0 amide bonds. The van der Waals surface area contributed by atoms with Crippen molar-refractivity contribution in [3.8, 4) is 11.5 Å². The molecule has 0 unspecified atom stereocenters. The topological polar surface area (TPSA) is 40.0 Å². The summed E-state index contributed by atoms with van der Waals surface area (Å²) in [6, 6.07) is 12.8. The van der Waals surface area contributed by atoms with E-state index in [4.69, 9.17) is 14.3 Å². The smallest absolute Gasteiger partial charge is 0.125 e. The lowest BCUT2D eigenvalue weighted by atomic mass is 9.97. The summed E-state index contributed by atoms with van der Waals surface area (Å²) in [6.07, 6.45) is 8.37. The summed E-state index contributed by atoms with van der Waals surface area (Å²) in [7, 11) is 1.60. The fourth-order valence-electron chi connectivity index (χ4n) is 3.72. The highest BCUT2D eigenvalue weighted by atomic mass is 16.6. The first-order valence-electron chi connectivity index (χ1n) is 11.6. The molecule has 0 spiro atoms. The molecule has 0 atom stereocenters. The molecule has 0 N–H and O–H groups in total. The van der Waals surface area contributed by atoms with Crippen molar-refractivity contribution in [2.75, 3.05) is 20.3 Å². The van der Waals surface area contributed by atoms with Gasteiger partial charge in [0.2, 0.25) is 0 Å². The lowest BCUT2D eigenvalue weighted by Crippen LogP contribution is -2.10. The minimum atomic E-state index is 0.322. The van der Waals surface area contributed by atoms with Crippen molar-refractivity contribution in [2.24, 2.45) is 11.1 Å². The molecule has 32 heavy (non-hydrogen) atoms. The summed E-state index contributed by atoms with van der Waals surface area (Å²) < 4.78 is 11.9. The Hall–Kier alpha value is -2.75. The number of allylic oxidation sites excluding steroid dienone is 1. The van der Waals surface area contributed by atoms with Crippen LogP contribution in [-0.2, 0) is 11.3 Å². The summed E-state index contributed by atoms with van der Waals surface area (Å²) in [6.45, 7) is 11.8. The monoisotopic (exact) mass is 437 g/mol. The van der Waals surface area contributed by atoms with Crippen molar-refractivity contribution in [3.05, 3.63) is 70.8 Å². The first kappa shape index (κ1) is 25.5. The average molecular weight is 438 g/mol. The van der Waals surface area contributed by atoms with Gasteiger partial charge in [-0.25, -0.2) is 0 Å². The number of hydrogen-bond donors (Lipinski definition) is 0. The lowest BCUT2D eigenvalue weighted by molar-refractivity contribution is 0.212. The average Bonchev–Trinajstić information content (AvgIpc) is 2.76. The molecule has 2 rings (SSSR count). The molecule has 174 valence electrons. The van der Waals surface area contributed by atoms with E-state index < -0.39 is 0 Å². The Balaban J connectivity index is 1.79. The Kier molecular flexibility index (Phi) is 10.9. The van der Waals surface area contributed by atoms with E-state index in [2.05, 4.69) is 69.2 Å². The highest BCUT2D eigenvalue weighted by Crippen LogP contribution is 2.28. The molecule has 2 aromatic rings. The van der Waals surface area contributed by atoms with Crippen LogP contribution >= 0.6 is 0 Å². The van der Waals surface area contributed by atoms with Gasteiger partial charge < -0.3 is 14.3 Å². The summed E-state index contributed by atoms with van der Waals surface area (Å²) in [5.74, 6) is 2.20. The second-order valence-corrected chi connectivity index (χ2v) is 8.44. The van der Waals surface area contributed by atoms with Crippen LogP contribution in [0.1, 0.15) is 62.3 Å². The van der Waals surface area contributed by atoms with Gasteiger partial charge in [-0.15, -0.1) is 0 Å². The second kappa shape index (κ2) is 13.6. The van der Waals surface area contributed by atoms with Gasteiger partial charge in [-0.3, -0.25) is 0 Å². The maximum Gasteiger partial charge on any atom is 0.125 e. The molecule has 0 heterocycles. The molecule has 0 radical (unpaired) electrons. The number of unbranched alkanes of at least 4 members (excludes halogenated alkanes) is 2. The summed E-state index contributed by atoms with van der Waals surface area (Å²) in [5.41, 5.74) is 5.72. The largest absolute Gasteiger partial charge is 0.493 e. The van der Waals surface area contributed by atoms with Crippen molar-refractivity contribution >= 4 is 5.71 Å². The fourth-order valence-corrected chi connectivity index (χ4v) is 3.72.